The van der Waals surface area contributed by atoms with Crippen molar-refractivity contribution in [2.75, 3.05) is 19.6 Å². The maximum absolute atomic E-state index is 10.2. The third-order valence-corrected chi connectivity index (χ3v) is 4.07. The van der Waals surface area contributed by atoms with Crippen LogP contribution in [0.4, 0.5) is 0 Å². The number of likely N-dealkylation sites (tertiary alicyclic amines) is 1. The van der Waals surface area contributed by atoms with Gasteiger partial charge in [-0.1, -0.05) is 60.4 Å². The van der Waals surface area contributed by atoms with Crippen LogP contribution in [0.3, 0.4) is 0 Å². The van der Waals surface area contributed by atoms with Crippen molar-refractivity contribution in [1.29, 1.82) is 0 Å². The molecular weight excluding hydrogens is 284 g/mol. The van der Waals surface area contributed by atoms with Gasteiger partial charge in [0.2, 0.25) is 0 Å². The van der Waals surface area contributed by atoms with Crippen molar-refractivity contribution in [2.45, 2.75) is 18.7 Å². The number of hydrogen-bond acceptors (Lipinski definition) is 3. The van der Waals surface area contributed by atoms with Gasteiger partial charge in [-0.3, -0.25) is 10.2 Å². The number of nitrogens with one attached hydrogen (secondary N) is 1. The molecule has 118 valence electrons. The van der Waals surface area contributed by atoms with Crippen molar-refractivity contribution < 1.29 is 5.11 Å². The smallest absolute Gasteiger partial charge is 0.0832 e. The second-order valence-corrected chi connectivity index (χ2v) is 5.90. The van der Waals surface area contributed by atoms with Gasteiger partial charge in [0.05, 0.1) is 12.6 Å². The molecule has 1 saturated heterocycles. The molecule has 0 radical (unpaired) electrons. The quantitative estimate of drug-likeness (QED) is 0.847. The average molecular weight is 306 g/mol. The normalized spacial score (nSPS) is 20.9. The minimum atomic E-state index is -0.336. The fourth-order valence-corrected chi connectivity index (χ4v) is 2.89. The van der Waals surface area contributed by atoms with Crippen LogP contribution in [-0.2, 0) is 6.54 Å². The van der Waals surface area contributed by atoms with Gasteiger partial charge in [0.15, 0.2) is 0 Å². The largest absolute Gasteiger partial charge is 0.390 e. The van der Waals surface area contributed by atoms with E-state index in [4.69, 9.17) is 0 Å². The number of aliphatic hydroxyl groups is 1. The van der Waals surface area contributed by atoms with Crippen molar-refractivity contribution in [2.24, 2.45) is 0 Å². The van der Waals surface area contributed by atoms with E-state index in [0.717, 1.165) is 18.7 Å². The second kappa shape index (κ2) is 7.94. The molecule has 23 heavy (non-hydrogen) atoms. The fourth-order valence-electron chi connectivity index (χ4n) is 2.89. The summed E-state index contributed by atoms with van der Waals surface area (Å²) in [7, 11) is 0. The summed E-state index contributed by atoms with van der Waals surface area (Å²) in [5.41, 5.74) is 2.30. The summed E-state index contributed by atoms with van der Waals surface area (Å²) in [5, 5.41) is 13.6. The Kier molecular flexibility index (Phi) is 5.44. The van der Waals surface area contributed by atoms with Crippen molar-refractivity contribution in [1.82, 2.24) is 10.2 Å². The molecule has 1 heterocycles. The van der Waals surface area contributed by atoms with Crippen LogP contribution in [0.15, 0.2) is 60.7 Å². The van der Waals surface area contributed by atoms with E-state index in [2.05, 4.69) is 46.3 Å². The molecule has 2 aromatic rings. The average Bonchev–Trinajstić information content (AvgIpc) is 2.93. The Morgan fingerprint density at radius 3 is 2.43 bits per heavy atom. The Balaban J connectivity index is 1.47. The van der Waals surface area contributed by atoms with Gasteiger partial charge < -0.3 is 5.11 Å². The lowest BCUT2D eigenvalue weighted by Gasteiger charge is -2.15. The number of β-amino-alcohol motifs (C(OH)–C–C–N with tert-alkyl or cyclic N) is 1. The molecule has 3 nitrogen and oxygen atoms in total. The molecule has 2 atom stereocenters. The lowest BCUT2D eigenvalue weighted by atomic mass is 10.2. The SMILES string of the molecule is O[C@@H]1CN(Cc2ccccc2)C[C@@H]1NCC#Cc1ccccc1. The van der Waals surface area contributed by atoms with Gasteiger partial charge in [0, 0.05) is 31.2 Å². The highest BCUT2D eigenvalue weighted by Crippen LogP contribution is 2.14. The van der Waals surface area contributed by atoms with E-state index in [0.29, 0.717) is 13.1 Å². The molecule has 3 rings (SSSR count). The van der Waals surface area contributed by atoms with Gasteiger partial charge in [-0.05, 0) is 17.7 Å². The predicted octanol–water partition coefficient (Wildman–Crippen LogP) is 1.87. The maximum atomic E-state index is 10.2. The van der Waals surface area contributed by atoms with Crippen molar-refractivity contribution in [3.8, 4) is 11.8 Å². The van der Waals surface area contributed by atoms with Gasteiger partial charge in [-0.15, -0.1) is 0 Å². The molecule has 0 spiro atoms. The Labute approximate surface area is 138 Å². The number of rotatable bonds is 4. The minimum absolute atomic E-state index is 0.0868. The van der Waals surface area contributed by atoms with Gasteiger partial charge >= 0.3 is 0 Å². The standard InChI is InChI=1S/C20H22N2O/c23-20-16-22(14-18-10-5-2-6-11-18)15-19(20)21-13-7-12-17-8-3-1-4-9-17/h1-6,8-11,19-21,23H,13-16H2/t19-,20+/m0/s1. The first-order chi connectivity index (χ1) is 11.3. The van der Waals surface area contributed by atoms with E-state index in [1.165, 1.54) is 5.56 Å². The summed E-state index contributed by atoms with van der Waals surface area (Å²) >= 11 is 0. The Bertz CT molecular complexity index is 660. The zero-order chi connectivity index (χ0) is 15.9. The lowest BCUT2D eigenvalue weighted by molar-refractivity contribution is 0.155. The first-order valence-electron chi connectivity index (χ1n) is 8.03. The maximum Gasteiger partial charge on any atom is 0.0832 e. The summed E-state index contributed by atoms with van der Waals surface area (Å²) in [6.45, 7) is 3.03. The molecule has 1 aliphatic rings. The summed E-state index contributed by atoms with van der Waals surface area (Å²) in [4.78, 5) is 2.28. The first-order valence-corrected chi connectivity index (χ1v) is 8.03. The molecule has 0 bridgehead atoms. The summed E-state index contributed by atoms with van der Waals surface area (Å²) in [6.07, 6.45) is -0.336. The number of hydrogen-bond donors (Lipinski definition) is 2. The number of nitrogens with zero attached hydrogens (tertiary/aromatic N) is 1. The van der Waals surface area contributed by atoms with Gasteiger partial charge in [0.1, 0.15) is 0 Å². The first kappa shape index (κ1) is 15.8. The van der Waals surface area contributed by atoms with E-state index < -0.39 is 0 Å². The third-order valence-electron chi connectivity index (χ3n) is 4.07. The monoisotopic (exact) mass is 306 g/mol. The Hall–Kier alpha value is -2.12. The van der Waals surface area contributed by atoms with Crippen LogP contribution in [-0.4, -0.2) is 41.8 Å². The van der Waals surface area contributed by atoms with E-state index in [9.17, 15) is 5.11 Å². The van der Waals surface area contributed by atoms with Gasteiger partial charge in [0.25, 0.3) is 0 Å². The van der Waals surface area contributed by atoms with E-state index in [1.807, 2.05) is 36.4 Å². The van der Waals surface area contributed by atoms with E-state index >= 15 is 0 Å². The fraction of sp³-hybridized carbons (Fsp3) is 0.300. The minimum Gasteiger partial charge on any atom is -0.390 e. The van der Waals surface area contributed by atoms with Gasteiger partial charge in [-0.25, -0.2) is 0 Å². The summed E-state index contributed by atoms with van der Waals surface area (Å²) in [5.74, 6) is 6.25. The Morgan fingerprint density at radius 2 is 1.70 bits per heavy atom. The molecule has 0 saturated carbocycles. The topological polar surface area (TPSA) is 35.5 Å². The van der Waals surface area contributed by atoms with Crippen molar-refractivity contribution in [3.05, 3.63) is 71.8 Å². The second-order valence-electron chi connectivity index (χ2n) is 5.90. The van der Waals surface area contributed by atoms with E-state index in [-0.39, 0.29) is 12.1 Å². The molecule has 0 aliphatic carbocycles. The molecule has 0 unspecified atom stereocenters. The van der Waals surface area contributed by atoms with Crippen LogP contribution < -0.4 is 5.32 Å². The van der Waals surface area contributed by atoms with Crippen LogP contribution in [0.2, 0.25) is 0 Å². The zero-order valence-electron chi connectivity index (χ0n) is 13.2. The van der Waals surface area contributed by atoms with Crippen LogP contribution in [0.25, 0.3) is 0 Å². The van der Waals surface area contributed by atoms with Crippen molar-refractivity contribution in [3.63, 3.8) is 0 Å². The molecular formula is C20H22N2O. The number of benzene rings is 2. The van der Waals surface area contributed by atoms with Crippen LogP contribution >= 0.6 is 0 Å². The molecule has 3 heteroatoms. The van der Waals surface area contributed by atoms with Crippen LogP contribution in [0, 0.1) is 11.8 Å². The third kappa shape index (κ3) is 4.67. The Morgan fingerprint density at radius 1 is 1.00 bits per heavy atom. The van der Waals surface area contributed by atoms with Crippen molar-refractivity contribution >= 4 is 0 Å². The molecule has 1 aliphatic heterocycles. The summed E-state index contributed by atoms with van der Waals surface area (Å²) in [6, 6.07) is 20.4. The van der Waals surface area contributed by atoms with Gasteiger partial charge in [-0.2, -0.15) is 0 Å². The molecule has 0 amide bonds. The molecule has 2 aromatic carbocycles. The lowest BCUT2D eigenvalue weighted by Crippen LogP contribution is -2.39. The predicted molar refractivity (Wildman–Crippen MR) is 92.8 cm³/mol. The zero-order valence-corrected chi connectivity index (χ0v) is 13.2. The molecule has 2 N–H and O–H groups in total. The highest BCUT2D eigenvalue weighted by Gasteiger charge is 2.30. The van der Waals surface area contributed by atoms with E-state index in [1.54, 1.807) is 0 Å². The molecule has 0 aromatic heterocycles. The highest BCUT2D eigenvalue weighted by atomic mass is 16.3. The van der Waals surface area contributed by atoms with Crippen LogP contribution in [0.1, 0.15) is 11.1 Å². The highest BCUT2D eigenvalue weighted by molar-refractivity contribution is 5.33. The van der Waals surface area contributed by atoms with Crippen LogP contribution in [0.5, 0.6) is 0 Å². The molecule has 1 fully saturated rings. The summed E-state index contributed by atoms with van der Waals surface area (Å²) < 4.78 is 0. The number of aliphatic hydroxyl groups excluding tert-OH is 1.